The summed E-state index contributed by atoms with van der Waals surface area (Å²) in [6, 6.07) is 10.9. The fourth-order valence-corrected chi connectivity index (χ4v) is 3.56. The van der Waals surface area contributed by atoms with Gasteiger partial charge in [0.2, 0.25) is 0 Å². The molecule has 3 aromatic heterocycles. The average molecular weight is 396 g/mol. The zero-order valence-electron chi connectivity index (χ0n) is 15.2. The highest BCUT2D eigenvalue weighted by Gasteiger charge is 2.13. The molecule has 2 N–H and O–H groups in total. The Hall–Kier alpha value is -2.88. The van der Waals surface area contributed by atoms with Crippen LogP contribution < -0.4 is 10.6 Å². The molecule has 1 aliphatic heterocycles. The molecule has 9 heteroatoms. The Balaban J connectivity index is 1.35. The van der Waals surface area contributed by atoms with E-state index in [0.29, 0.717) is 11.6 Å². The van der Waals surface area contributed by atoms with Gasteiger partial charge in [0.15, 0.2) is 0 Å². The molecule has 0 aliphatic carbocycles. The second kappa shape index (κ2) is 8.87. The van der Waals surface area contributed by atoms with Crippen molar-refractivity contribution < 1.29 is 9.53 Å². The lowest BCUT2D eigenvalue weighted by molar-refractivity contribution is 0.0337. The van der Waals surface area contributed by atoms with Crippen LogP contribution in [0.4, 0.5) is 16.4 Å². The van der Waals surface area contributed by atoms with Crippen molar-refractivity contribution in [2.24, 2.45) is 0 Å². The second-order valence-corrected chi connectivity index (χ2v) is 7.09. The molecule has 0 aromatic carbocycles. The number of ether oxygens (including phenoxy) is 1. The number of hydrogen-bond acceptors (Lipinski definition) is 7. The predicted molar refractivity (Wildman–Crippen MR) is 108 cm³/mol. The molecule has 1 fully saturated rings. The van der Waals surface area contributed by atoms with Crippen molar-refractivity contribution >= 4 is 29.0 Å². The van der Waals surface area contributed by atoms with Gasteiger partial charge in [-0.2, -0.15) is 0 Å². The van der Waals surface area contributed by atoms with Crippen LogP contribution in [-0.2, 0) is 11.3 Å². The summed E-state index contributed by atoms with van der Waals surface area (Å²) in [6.45, 7) is 4.01. The maximum atomic E-state index is 12.3. The van der Waals surface area contributed by atoms with Gasteiger partial charge < -0.3 is 4.74 Å². The zero-order valence-corrected chi connectivity index (χ0v) is 16.0. The molecule has 0 unspecified atom stereocenters. The number of amides is 2. The Kier molecular flexibility index (Phi) is 5.86. The summed E-state index contributed by atoms with van der Waals surface area (Å²) in [5.74, 6) is 0.982. The zero-order chi connectivity index (χ0) is 19.2. The summed E-state index contributed by atoms with van der Waals surface area (Å²) in [5, 5.41) is 8.03. The van der Waals surface area contributed by atoms with E-state index in [1.807, 2.05) is 30.3 Å². The highest BCUT2D eigenvalue weighted by molar-refractivity contribution is 7.13. The number of urea groups is 1. The molecule has 4 rings (SSSR count). The van der Waals surface area contributed by atoms with Crippen LogP contribution >= 0.6 is 11.3 Å². The Morgan fingerprint density at radius 2 is 1.93 bits per heavy atom. The molecule has 144 valence electrons. The minimum atomic E-state index is -0.381. The van der Waals surface area contributed by atoms with E-state index in [1.165, 1.54) is 11.3 Å². The molecule has 0 bridgehead atoms. The number of nitrogens with zero attached hydrogens (tertiary/aromatic N) is 4. The Morgan fingerprint density at radius 3 is 2.75 bits per heavy atom. The van der Waals surface area contributed by atoms with Crippen LogP contribution in [0.15, 0.2) is 48.0 Å². The van der Waals surface area contributed by atoms with Crippen LogP contribution in [0.3, 0.4) is 0 Å². The van der Waals surface area contributed by atoms with Crippen LogP contribution in [0.1, 0.15) is 5.69 Å². The molecule has 28 heavy (non-hydrogen) atoms. The number of anilines is 2. The average Bonchev–Trinajstić information content (AvgIpc) is 3.18. The first-order valence-electron chi connectivity index (χ1n) is 8.97. The van der Waals surface area contributed by atoms with Crippen molar-refractivity contribution in [2.75, 3.05) is 36.9 Å². The van der Waals surface area contributed by atoms with Gasteiger partial charge in [-0.15, -0.1) is 11.3 Å². The third-order valence-electron chi connectivity index (χ3n) is 4.17. The number of hydrogen-bond donors (Lipinski definition) is 2. The molecular formula is C19H20N6O2S. The maximum absolute atomic E-state index is 12.3. The molecule has 0 saturated carbocycles. The van der Waals surface area contributed by atoms with Gasteiger partial charge in [0.25, 0.3) is 0 Å². The first-order chi connectivity index (χ1) is 13.8. The molecule has 0 radical (unpaired) electrons. The minimum absolute atomic E-state index is 0.381. The number of morpholine rings is 1. The number of aromatic nitrogens is 3. The van der Waals surface area contributed by atoms with Gasteiger partial charge in [-0.3, -0.25) is 20.5 Å². The predicted octanol–water partition coefficient (Wildman–Crippen LogP) is 3.08. The molecule has 1 aliphatic rings. The van der Waals surface area contributed by atoms with E-state index in [4.69, 9.17) is 4.74 Å². The topological polar surface area (TPSA) is 92.3 Å². The normalized spacial score (nSPS) is 14.6. The monoisotopic (exact) mass is 396 g/mol. The summed E-state index contributed by atoms with van der Waals surface area (Å²) in [4.78, 5) is 27.8. The van der Waals surface area contributed by atoms with Crippen molar-refractivity contribution in [1.29, 1.82) is 0 Å². The SMILES string of the molecule is O=C(Nc1cccc(CN2CCOCC2)n1)Nc1csc(-c2ccccn2)n1. The van der Waals surface area contributed by atoms with Crippen molar-refractivity contribution in [1.82, 2.24) is 19.9 Å². The third kappa shape index (κ3) is 4.89. The van der Waals surface area contributed by atoms with Crippen LogP contribution in [0, 0.1) is 0 Å². The minimum Gasteiger partial charge on any atom is -0.379 e. The van der Waals surface area contributed by atoms with Crippen LogP contribution in [0.2, 0.25) is 0 Å². The molecule has 8 nitrogen and oxygen atoms in total. The van der Waals surface area contributed by atoms with Crippen LogP contribution in [0.5, 0.6) is 0 Å². The summed E-state index contributed by atoms with van der Waals surface area (Å²) in [5.41, 5.74) is 1.68. The van der Waals surface area contributed by atoms with E-state index in [1.54, 1.807) is 17.6 Å². The van der Waals surface area contributed by atoms with Crippen molar-refractivity contribution in [3.63, 3.8) is 0 Å². The molecule has 2 amide bonds. The Morgan fingerprint density at radius 1 is 1.07 bits per heavy atom. The molecule has 0 atom stereocenters. The standard InChI is InChI=1S/C19H20N6O2S/c26-19(24-17-13-28-18(22-17)15-5-1-2-7-20-15)23-16-6-3-4-14(21-16)12-25-8-10-27-11-9-25/h1-7,13H,8-12H2,(H2,21,23,24,26). The molecular weight excluding hydrogens is 376 g/mol. The van der Waals surface area contributed by atoms with Gasteiger partial charge in [0.05, 0.1) is 24.6 Å². The van der Waals surface area contributed by atoms with E-state index in [2.05, 4.69) is 30.5 Å². The Bertz CT molecular complexity index is 927. The van der Waals surface area contributed by atoms with Gasteiger partial charge in [-0.25, -0.2) is 14.8 Å². The van der Waals surface area contributed by atoms with Crippen molar-refractivity contribution in [2.45, 2.75) is 6.54 Å². The van der Waals surface area contributed by atoms with Gasteiger partial charge in [-0.1, -0.05) is 12.1 Å². The number of carbonyl (C=O) groups is 1. The van der Waals surface area contributed by atoms with E-state index < -0.39 is 0 Å². The maximum Gasteiger partial charge on any atom is 0.326 e. The lowest BCUT2D eigenvalue weighted by atomic mass is 10.3. The third-order valence-corrected chi connectivity index (χ3v) is 5.03. The smallest absolute Gasteiger partial charge is 0.326 e. The molecule has 0 spiro atoms. The van der Waals surface area contributed by atoms with Crippen molar-refractivity contribution in [3.05, 3.63) is 53.7 Å². The molecule has 1 saturated heterocycles. The van der Waals surface area contributed by atoms with E-state index in [0.717, 1.165) is 49.2 Å². The van der Waals surface area contributed by atoms with Crippen LogP contribution in [-0.4, -0.2) is 52.2 Å². The summed E-state index contributed by atoms with van der Waals surface area (Å²) in [7, 11) is 0. The number of rotatable bonds is 5. The second-order valence-electron chi connectivity index (χ2n) is 6.23. The first-order valence-corrected chi connectivity index (χ1v) is 9.85. The number of nitrogens with one attached hydrogen (secondary N) is 2. The van der Waals surface area contributed by atoms with Gasteiger partial charge >= 0.3 is 6.03 Å². The highest BCUT2D eigenvalue weighted by atomic mass is 32.1. The lowest BCUT2D eigenvalue weighted by Gasteiger charge is -2.26. The summed E-state index contributed by atoms with van der Waals surface area (Å²) < 4.78 is 5.36. The number of thiazole rings is 1. The molecule has 4 heterocycles. The highest BCUT2D eigenvalue weighted by Crippen LogP contribution is 2.23. The quantitative estimate of drug-likeness (QED) is 0.689. The van der Waals surface area contributed by atoms with E-state index in [-0.39, 0.29) is 6.03 Å². The van der Waals surface area contributed by atoms with Crippen molar-refractivity contribution in [3.8, 4) is 10.7 Å². The fraction of sp³-hybridized carbons (Fsp3) is 0.263. The first kappa shape index (κ1) is 18.5. The molecule has 3 aromatic rings. The van der Waals surface area contributed by atoms with Gasteiger partial charge in [0.1, 0.15) is 16.6 Å². The van der Waals surface area contributed by atoms with E-state index in [9.17, 15) is 4.79 Å². The lowest BCUT2D eigenvalue weighted by Crippen LogP contribution is -2.35. The largest absolute Gasteiger partial charge is 0.379 e. The van der Waals surface area contributed by atoms with E-state index >= 15 is 0 Å². The number of carbonyl (C=O) groups excluding carboxylic acids is 1. The van der Waals surface area contributed by atoms with Gasteiger partial charge in [0, 0.05) is 31.2 Å². The van der Waals surface area contributed by atoms with Crippen LogP contribution in [0.25, 0.3) is 10.7 Å². The fourth-order valence-electron chi connectivity index (χ4n) is 2.83. The summed E-state index contributed by atoms with van der Waals surface area (Å²) >= 11 is 1.43. The Labute approximate surface area is 166 Å². The summed E-state index contributed by atoms with van der Waals surface area (Å²) in [6.07, 6.45) is 1.71. The number of pyridine rings is 2. The van der Waals surface area contributed by atoms with Gasteiger partial charge in [-0.05, 0) is 24.3 Å².